The van der Waals surface area contributed by atoms with Crippen LogP contribution in [0.5, 0.6) is 5.75 Å². The first kappa shape index (κ1) is 15.4. The molecule has 2 rings (SSSR count). The van der Waals surface area contributed by atoms with Gasteiger partial charge < -0.3 is 10.1 Å². The van der Waals surface area contributed by atoms with Crippen molar-refractivity contribution in [3.8, 4) is 5.75 Å². The summed E-state index contributed by atoms with van der Waals surface area (Å²) in [5.74, 6) is -1.79. The van der Waals surface area contributed by atoms with Crippen molar-refractivity contribution in [1.29, 1.82) is 0 Å². The molecule has 0 aliphatic carbocycles. The van der Waals surface area contributed by atoms with Crippen LogP contribution in [-0.2, 0) is 0 Å². The average Bonchev–Trinajstić information content (AvgIpc) is 2.47. The van der Waals surface area contributed by atoms with Crippen LogP contribution in [0.25, 0.3) is 0 Å². The monoisotopic (exact) mass is 295 g/mol. The lowest BCUT2D eigenvalue weighted by atomic mass is 10.1. The van der Waals surface area contributed by atoms with Gasteiger partial charge >= 0.3 is 0 Å². The molecule has 1 N–H and O–H groups in total. The molecule has 0 aromatic heterocycles. The fourth-order valence-corrected chi connectivity index (χ4v) is 2.02. The molecule has 0 fully saturated rings. The number of nitrogens with one attached hydrogen (secondary N) is 1. The SMILES string of the molecule is CCNC(COc1cc(F)ccc1F)c1ccccc1F. The van der Waals surface area contributed by atoms with Gasteiger partial charge in [-0.15, -0.1) is 0 Å². The summed E-state index contributed by atoms with van der Waals surface area (Å²) in [6, 6.07) is 8.83. The number of ether oxygens (including phenoxy) is 1. The first-order chi connectivity index (χ1) is 10.1. The molecule has 112 valence electrons. The standard InChI is InChI=1S/C16H16F3NO/c1-2-20-15(12-5-3-4-6-13(12)18)10-21-16-9-11(17)7-8-14(16)19/h3-9,15,20H,2,10H2,1H3. The minimum Gasteiger partial charge on any atom is -0.488 e. The molecule has 5 heteroatoms. The zero-order valence-corrected chi connectivity index (χ0v) is 11.6. The predicted molar refractivity (Wildman–Crippen MR) is 74.7 cm³/mol. The maximum atomic E-state index is 13.8. The fourth-order valence-electron chi connectivity index (χ4n) is 2.02. The summed E-state index contributed by atoms with van der Waals surface area (Å²) in [5.41, 5.74) is 0.427. The molecule has 0 saturated heterocycles. The van der Waals surface area contributed by atoms with Crippen LogP contribution in [0.15, 0.2) is 42.5 Å². The summed E-state index contributed by atoms with van der Waals surface area (Å²) in [7, 11) is 0. The third-order valence-corrected chi connectivity index (χ3v) is 3.03. The quantitative estimate of drug-likeness (QED) is 0.874. The lowest BCUT2D eigenvalue weighted by Crippen LogP contribution is -2.27. The van der Waals surface area contributed by atoms with Crippen molar-refractivity contribution in [2.75, 3.05) is 13.2 Å². The van der Waals surface area contributed by atoms with Crippen LogP contribution in [-0.4, -0.2) is 13.2 Å². The minimum absolute atomic E-state index is 0.00481. The van der Waals surface area contributed by atoms with E-state index in [0.29, 0.717) is 12.1 Å². The van der Waals surface area contributed by atoms with Crippen molar-refractivity contribution in [3.63, 3.8) is 0 Å². The highest BCUT2D eigenvalue weighted by atomic mass is 19.1. The molecule has 1 unspecified atom stereocenters. The third kappa shape index (κ3) is 3.98. The number of likely N-dealkylation sites (N-methyl/N-ethyl adjacent to an activating group) is 1. The summed E-state index contributed by atoms with van der Waals surface area (Å²) in [6.45, 7) is 2.46. The Balaban J connectivity index is 2.14. The average molecular weight is 295 g/mol. The Bertz CT molecular complexity index is 604. The van der Waals surface area contributed by atoms with Crippen molar-refractivity contribution >= 4 is 0 Å². The van der Waals surface area contributed by atoms with Gasteiger partial charge in [-0.2, -0.15) is 0 Å². The van der Waals surface area contributed by atoms with Gasteiger partial charge in [0.05, 0.1) is 6.04 Å². The molecule has 0 radical (unpaired) electrons. The van der Waals surface area contributed by atoms with Crippen LogP contribution < -0.4 is 10.1 Å². The highest BCUT2D eigenvalue weighted by molar-refractivity contribution is 5.26. The highest BCUT2D eigenvalue weighted by Gasteiger charge is 2.16. The van der Waals surface area contributed by atoms with Gasteiger partial charge in [0.2, 0.25) is 0 Å². The number of hydrogen-bond donors (Lipinski definition) is 1. The Morgan fingerprint density at radius 1 is 1.05 bits per heavy atom. The van der Waals surface area contributed by atoms with E-state index in [-0.39, 0.29) is 18.2 Å². The smallest absolute Gasteiger partial charge is 0.165 e. The molecule has 0 aliphatic heterocycles. The number of benzene rings is 2. The lowest BCUT2D eigenvalue weighted by molar-refractivity contribution is 0.253. The van der Waals surface area contributed by atoms with E-state index in [4.69, 9.17) is 4.74 Å². The molecule has 2 aromatic carbocycles. The van der Waals surface area contributed by atoms with Gasteiger partial charge in [0.15, 0.2) is 11.6 Å². The molecule has 2 aromatic rings. The van der Waals surface area contributed by atoms with Crippen LogP contribution in [0.2, 0.25) is 0 Å². The molecule has 0 aliphatic rings. The van der Waals surface area contributed by atoms with Gasteiger partial charge in [-0.05, 0) is 24.7 Å². The Morgan fingerprint density at radius 3 is 2.52 bits per heavy atom. The van der Waals surface area contributed by atoms with Gasteiger partial charge in [0.25, 0.3) is 0 Å². The minimum atomic E-state index is -0.653. The van der Waals surface area contributed by atoms with Gasteiger partial charge in [0, 0.05) is 11.6 Å². The van der Waals surface area contributed by atoms with E-state index in [1.807, 2.05) is 6.92 Å². The molecule has 1 atom stereocenters. The molecule has 0 saturated carbocycles. The van der Waals surface area contributed by atoms with E-state index in [1.54, 1.807) is 18.2 Å². The van der Waals surface area contributed by atoms with Crippen molar-refractivity contribution in [3.05, 3.63) is 65.5 Å². The first-order valence-electron chi connectivity index (χ1n) is 6.67. The molecule has 0 heterocycles. The maximum absolute atomic E-state index is 13.8. The Hall–Kier alpha value is -2.01. The van der Waals surface area contributed by atoms with E-state index in [9.17, 15) is 13.2 Å². The van der Waals surface area contributed by atoms with Gasteiger partial charge in [-0.3, -0.25) is 0 Å². The largest absolute Gasteiger partial charge is 0.488 e. The van der Waals surface area contributed by atoms with E-state index in [0.717, 1.165) is 18.2 Å². The molecule has 0 amide bonds. The highest BCUT2D eigenvalue weighted by Crippen LogP contribution is 2.22. The number of halogens is 3. The Morgan fingerprint density at radius 2 is 1.81 bits per heavy atom. The van der Waals surface area contributed by atoms with Crippen LogP contribution in [0.4, 0.5) is 13.2 Å². The van der Waals surface area contributed by atoms with Gasteiger partial charge in [-0.25, -0.2) is 13.2 Å². The molecular formula is C16H16F3NO. The van der Waals surface area contributed by atoms with Crippen LogP contribution >= 0.6 is 0 Å². The summed E-state index contributed by atoms with van der Waals surface area (Å²) >= 11 is 0. The molecule has 0 bridgehead atoms. The van der Waals surface area contributed by atoms with E-state index in [2.05, 4.69) is 5.32 Å². The Labute approximate surface area is 121 Å². The second kappa shape index (κ2) is 7.13. The molecule has 0 spiro atoms. The second-order valence-electron chi connectivity index (χ2n) is 4.52. The van der Waals surface area contributed by atoms with Crippen molar-refractivity contribution < 1.29 is 17.9 Å². The molecular weight excluding hydrogens is 279 g/mol. The van der Waals surface area contributed by atoms with Gasteiger partial charge in [-0.1, -0.05) is 25.1 Å². The van der Waals surface area contributed by atoms with E-state index >= 15 is 0 Å². The van der Waals surface area contributed by atoms with E-state index < -0.39 is 17.7 Å². The van der Waals surface area contributed by atoms with Crippen LogP contribution in [0, 0.1) is 17.5 Å². The molecule has 21 heavy (non-hydrogen) atoms. The normalized spacial score (nSPS) is 12.2. The first-order valence-corrected chi connectivity index (χ1v) is 6.67. The summed E-state index contributed by atoms with van der Waals surface area (Å²) in [6.07, 6.45) is 0. The van der Waals surface area contributed by atoms with Crippen molar-refractivity contribution in [2.45, 2.75) is 13.0 Å². The van der Waals surface area contributed by atoms with Crippen molar-refractivity contribution in [2.24, 2.45) is 0 Å². The van der Waals surface area contributed by atoms with Gasteiger partial charge in [0.1, 0.15) is 18.2 Å². The summed E-state index contributed by atoms with van der Waals surface area (Å²) < 4.78 is 45.7. The number of rotatable bonds is 6. The van der Waals surface area contributed by atoms with Crippen molar-refractivity contribution in [1.82, 2.24) is 5.32 Å². The summed E-state index contributed by atoms with van der Waals surface area (Å²) in [5, 5.41) is 3.06. The fraction of sp³-hybridized carbons (Fsp3) is 0.250. The summed E-state index contributed by atoms with van der Waals surface area (Å²) in [4.78, 5) is 0. The zero-order chi connectivity index (χ0) is 15.2. The topological polar surface area (TPSA) is 21.3 Å². The maximum Gasteiger partial charge on any atom is 0.165 e. The molecule has 2 nitrogen and oxygen atoms in total. The number of hydrogen-bond acceptors (Lipinski definition) is 2. The lowest BCUT2D eigenvalue weighted by Gasteiger charge is -2.19. The van der Waals surface area contributed by atoms with Crippen LogP contribution in [0.3, 0.4) is 0 Å². The van der Waals surface area contributed by atoms with Crippen LogP contribution in [0.1, 0.15) is 18.5 Å². The Kier molecular flexibility index (Phi) is 5.22. The predicted octanol–water partition coefficient (Wildman–Crippen LogP) is 3.83. The zero-order valence-electron chi connectivity index (χ0n) is 11.6. The second-order valence-corrected chi connectivity index (χ2v) is 4.52. The van der Waals surface area contributed by atoms with E-state index in [1.165, 1.54) is 6.07 Å². The third-order valence-electron chi connectivity index (χ3n) is 3.03.